The molecule has 1 aliphatic heterocycles. The number of aromatic nitrogens is 5. The molecule has 142 valence electrons. The van der Waals surface area contributed by atoms with Crippen molar-refractivity contribution in [3.05, 3.63) is 36.0 Å². The summed E-state index contributed by atoms with van der Waals surface area (Å²) in [6.45, 7) is 1.60. The molecule has 0 aliphatic carbocycles. The van der Waals surface area contributed by atoms with E-state index in [1.54, 1.807) is 18.0 Å². The van der Waals surface area contributed by atoms with Crippen molar-refractivity contribution in [2.45, 2.75) is 18.9 Å². The molecule has 0 atom stereocenters. The van der Waals surface area contributed by atoms with Gasteiger partial charge in [0, 0.05) is 45.3 Å². The number of hydrogen-bond donors (Lipinski definition) is 1. The van der Waals surface area contributed by atoms with Crippen LogP contribution >= 0.6 is 0 Å². The smallest absolute Gasteiger partial charge is 0.253 e. The third kappa shape index (κ3) is 3.53. The van der Waals surface area contributed by atoms with Gasteiger partial charge in [0.1, 0.15) is 5.75 Å². The number of anilines is 1. The fourth-order valence-corrected chi connectivity index (χ4v) is 3.34. The molecule has 0 bridgehead atoms. The Balaban J connectivity index is 0.00000225. The Kier molecular flexibility index (Phi) is 4.57. The van der Waals surface area contributed by atoms with Crippen molar-refractivity contribution in [2.75, 3.05) is 25.1 Å². The lowest BCUT2D eigenvalue weighted by atomic mass is 10.0. The van der Waals surface area contributed by atoms with E-state index in [9.17, 15) is 4.79 Å². The topological polar surface area (TPSA) is 98.1 Å². The summed E-state index contributed by atoms with van der Waals surface area (Å²) in [5, 5.41) is 15.6. The van der Waals surface area contributed by atoms with Crippen molar-refractivity contribution in [2.24, 2.45) is 7.05 Å². The number of nitrogens with zero attached hydrogens (tertiary/aromatic N) is 6. The van der Waals surface area contributed by atoms with Crippen molar-refractivity contribution >= 4 is 22.8 Å². The zero-order chi connectivity index (χ0) is 18.8. The minimum absolute atomic E-state index is 0. The first-order valence-corrected chi connectivity index (χ1v) is 8.86. The van der Waals surface area contributed by atoms with E-state index in [0.717, 1.165) is 48.5 Å². The van der Waals surface area contributed by atoms with Gasteiger partial charge in [-0.2, -0.15) is 0 Å². The molecule has 1 amide bonds. The van der Waals surface area contributed by atoms with Crippen LogP contribution in [0.3, 0.4) is 0 Å². The van der Waals surface area contributed by atoms with E-state index >= 15 is 0 Å². The Bertz CT molecular complexity index is 969. The number of pyridine rings is 1. The summed E-state index contributed by atoms with van der Waals surface area (Å²) in [6, 6.07) is 7.61. The lowest BCUT2D eigenvalue weighted by Gasteiger charge is -2.32. The molecule has 4 rings (SSSR count). The number of benzene rings is 1. The minimum Gasteiger partial charge on any atom is -0.497 e. The van der Waals surface area contributed by atoms with Gasteiger partial charge < -0.3 is 15.0 Å². The number of aryl methyl sites for hydroxylation is 1. The summed E-state index contributed by atoms with van der Waals surface area (Å²) in [6.07, 6.45) is 3.30. The summed E-state index contributed by atoms with van der Waals surface area (Å²) >= 11 is 0. The fourth-order valence-electron chi connectivity index (χ4n) is 3.34. The third-order valence-electron chi connectivity index (χ3n) is 4.86. The number of tetrazole rings is 1. The van der Waals surface area contributed by atoms with Crippen LogP contribution in [0.5, 0.6) is 5.75 Å². The number of hydrogen-bond acceptors (Lipinski definition) is 7. The zero-order valence-corrected chi connectivity index (χ0v) is 15.3. The predicted molar refractivity (Wildman–Crippen MR) is 102 cm³/mol. The van der Waals surface area contributed by atoms with E-state index in [1.165, 1.54) is 0 Å². The molecule has 0 radical (unpaired) electrons. The molecule has 0 saturated carbocycles. The van der Waals surface area contributed by atoms with Gasteiger partial charge >= 0.3 is 0 Å². The molecular weight excluding hydrogens is 346 g/mol. The molecule has 1 fully saturated rings. The Morgan fingerprint density at radius 3 is 2.81 bits per heavy atom. The highest BCUT2D eigenvalue weighted by Crippen LogP contribution is 2.20. The standard InChI is InChI=1S/C18H21N7O2.H2/c1-24-18(21-22-23-24)25-7-5-14(6-8-25)20-17(26)13-9-12-3-4-15(27-2)10-16(12)19-11-13;/h3-4,9-11,14H,5-8H2,1-2H3,(H,20,26);1H. The van der Waals surface area contributed by atoms with Crippen molar-refractivity contribution < 1.29 is 11.0 Å². The summed E-state index contributed by atoms with van der Waals surface area (Å²) in [7, 11) is 3.45. The van der Waals surface area contributed by atoms with Crippen molar-refractivity contribution in [3.63, 3.8) is 0 Å². The monoisotopic (exact) mass is 369 g/mol. The molecule has 3 heterocycles. The molecule has 0 spiro atoms. The lowest BCUT2D eigenvalue weighted by molar-refractivity contribution is 0.0931. The first-order valence-electron chi connectivity index (χ1n) is 8.86. The molecule has 27 heavy (non-hydrogen) atoms. The van der Waals surface area contributed by atoms with E-state index < -0.39 is 0 Å². The normalized spacial score (nSPS) is 15.1. The lowest BCUT2D eigenvalue weighted by Crippen LogP contribution is -2.45. The molecule has 9 heteroatoms. The number of ether oxygens (including phenoxy) is 1. The summed E-state index contributed by atoms with van der Waals surface area (Å²) in [5.41, 5.74) is 1.36. The minimum atomic E-state index is -0.0982. The van der Waals surface area contributed by atoms with Crippen LogP contribution in [0.15, 0.2) is 30.5 Å². The maximum atomic E-state index is 12.6. The fraction of sp³-hybridized carbons (Fsp3) is 0.389. The van der Waals surface area contributed by atoms with Crippen LogP contribution < -0.4 is 15.0 Å². The van der Waals surface area contributed by atoms with E-state index in [2.05, 4.69) is 30.7 Å². The molecule has 1 aliphatic rings. The number of nitrogens with one attached hydrogen (secondary N) is 1. The van der Waals surface area contributed by atoms with Crippen LogP contribution in [0.2, 0.25) is 0 Å². The third-order valence-corrected chi connectivity index (χ3v) is 4.86. The maximum absolute atomic E-state index is 12.6. The SMILES string of the molecule is COc1ccc2cc(C(=O)NC3CCN(c4nnnn4C)CC3)cnc2c1.[HH]. The van der Waals surface area contributed by atoms with Crippen molar-refractivity contribution in [1.82, 2.24) is 30.5 Å². The highest BCUT2D eigenvalue weighted by molar-refractivity contribution is 5.97. The van der Waals surface area contributed by atoms with Crippen LogP contribution in [0, 0.1) is 0 Å². The first-order chi connectivity index (χ1) is 13.1. The molecule has 9 nitrogen and oxygen atoms in total. The number of amides is 1. The number of fused-ring (bicyclic) bond motifs is 1. The average Bonchev–Trinajstić information content (AvgIpc) is 3.13. The summed E-state index contributed by atoms with van der Waals surface area (Å²) in [4.78, 5) is 19.1. The Hall–Kier alpha value is -3.23. The number of carbonyl (C=O) groups is 1. The largest absolute Gasteiger partial charge is 0.497 e. The second kappa shape index (κ2) is 7.18. The van der Waals surface area contributed by atoms with Gasteiger partial charge in [-0.05, 0) is 41.5 Å². The van der Waals surface area contributed by atoms with Gasteiger partial charge in [0.15, 0.2) is 0 Å². The zero-order valence-electron chi connectivity index (χ0n) is 15.3. The van der Waals surface area contributed by atoms with Gasteiger partial charge in [0.2, 0.25) is 5.95 Å². The number of piperidine rings is 1. The maximum Gasteiger partial charge on any atom is 0.253 e. The highest BCUT2D eigenvalue weighted by atomic mass is 16.5. The van der Waals surface area contributed by atoms with Gasteiger partial charge in [0.25, 0.3) is 5.91 Å². The van der Waals surface area contributed by atoms with Gasteiger partial charge in [0.05, 0.1) is 18.2 Å². The first kappa shape index (κ1) is 17.2. The molecule has 1 saturated heterocycles. The number of rotatable bonds is 4. The highest BCUT2D eigenvalue weighted by Gasteiger charge is 2.24. The van der Waals surface area contributed by atoms with E-state index in [4.69, 9.17) is 4.74 Å². The summed E-state index contributed by atoms with van der Waals surface area (Å²) < 4.78 is 6.87. The number of carbonyl (C=O) groups excluding carboxylic acids is 1. The van der Waals surface area contributed by atoms with Gasteiger partial charge in [-0.15, -0.1) is 0 Å². The van der Waals surface area contributed by atoms with Gasteiger partial charge in [-0.25, -0.2) is 4.68 Å². The van der Waals surface area contributed by atoms with Crippen molar-refractivity contribution in [1.29, 1.82) is 0 Å². The van der Waals surface area contributed by atoms with Crippen LogP contribution in [0.1, 0.15) is 24.6 Å². The van der Waals surface area contributed by atoms with Gasteiger partial charge in [-0.1, -0.05) is 5.10 Å². The summed E-state index contributed by atoms with van der Waals surface area (Å²) in [5.74, 6) is 1.41. The quantitative estimate of drug-likeness (QED) is 0.742. The Morgan fingerprint density at radius 1 is 1.30 bits per heavy atom. The molecule has 3 aromatic rings. The second-order valence-corrected chi connectivity index (χ2v) is 6.62. The van der Waals surface area contributed by atoms with E-state index in [0.29, 0.717) is 5.56 Å². The number of methoxy groups -OCH3 is 1. The van der Waals surface area contributed by atoms with Crippen molar-refractivity contribution in [3.8, 4) is 5.75 Å². The van der Waals surface area contributed by atoms with Crippen LogP contribution in [0.25, 0.3) is 10.9 Å². The molecule has 1 N–H and O–H groups in total. The average molecular weight is 369 g/mol. The Morgan fingerprint density at radius 2 is 2.11 bits per heavy atom. The van der Waals surface area contributed by atoms with Crippen LogP contribution in [-0.2, 0) is 7.05 Å². The molecule has 1 aromatic carbocycles. The van der Waals surface area contributed by atoms with Gasteiger partial charge in [-0.3, -0.25) is 9.78 Å². The predicted octanol–water partition coefficient (Wildman–Crippen LogP) is 1.41. The van der Waals surface area contributed by atoms with E-state index in [-0.39, 0.29) is 13.4 Å². The van der Waals surface area contributed by atoms with Crippen LogP contribution in [0.4, 0.5) is 5.95 Å². The molecular formula is C18H23N7O2. The molecule has 2 aromatic heterocycles. The van der Waals surface area contributed by atoms with Crippen LogP contribution in [-0.4, -0.2) is 57.3 Å². The second-order valence-electron chi connectivity index (χ2n) is 6.62. The van der Waals surface area contributed by atoms with E-state index in [1.807, 2.05) is 31.3 Å². The molecule has 0 unspecified atom stereocenters. The Labute approximate surface area is 157 Å².